The smallest absolute Gasteiger partial charge is 0.164 e. The number of rotatable bonds is 5. The van der Waals surface area contributed by atoms with Crippen LogP contribution in [0.1, 0.15) is 51.7 Å². The fourth-order valence-electron chi connectivity index (χ4n) is 10.8. The molecule has 5 heteroatoms. The van der Waals surface area contributed by atoms with Gasteiger partial charge in [0.1, 0.15) is 0 Å². The van der Waals surface area contributed by atoms with Crippen molar-refractivity contribution in [1.82, 2.24) is 19.5 Å². The van der Waals surface area contributed by atoms with Gasteiger partial charge in [-0.05, 0) is 92.4 Å². The standard InChI is InChI=1S/C61H46N4S/c1-60(2)32-33-61(3,4)52-36-53-50(35-51(52)60)47-31-30-38-15-6-8-20-44(38)55(47)65(53)42-18-11-17-41(34-42)58-62-57(63-59(64-58)49-24-12-16-37-14-5-7-19-43(37)49)40-28-26-39(27-29-40)45-22-13-23-48-46-21-9-10-25-54(46)66-56(45)48/h5-31,34-36H,32-33H2,1-4H3. The molecule has 3 aromatic heterocycles. The van der Waals surface area contributed by atoms with E-state index in [9.17, 15) is 0 Å². The van der Waals surface area contributed by atoms with E-state index >= 15 is 0 Å². The van der Waals surface area contributed by atoms with Crippen LogP contribution in [-0.2, 0) is 10.8 Å². The molecule has 0 amide bonds. The van der Waals surface area contributed by atoms with Crippen LogP contribution >= 0.6 is 11.3 Å². The third-order valence-electron chi connectivity index (χ3n) is 14.5. The van der Waals surface area contributed by atoms with E-state index in [4.69, 9.17) is 15.0 Å². The Hall–Kier alpha value is -7.47. The Morgan fingerprint density at radius 3 is 1.82 bits per heavy atom. The Kier molecular flexibility index (Phi) is 8.57. The van der Waals surface area contributed by atoms with E-state index in [-0.39, 0.29) is 10.8 Å². The number of benzene rings is 9. The predicted octanol–water partition coefficient (Wildman–Crippen LogP) is 16.7. The Bertz CT molecular complexity index is 3940. The third kappa shape index (κ3) is 6.07. The molecule has 12 aromatic rings. The van der Waals surface area contributed by atoms with Crippen molar-refractivity contribution < 1.29 is 0 Å². The molecule has 13 rings (SSSR count). The zero-order chi connectivity index (χ0) is 44.3. The van der Waals surface area contributed by atoms with Gasteiger partial charge in [0.2, 0.25) is 0 Å². The number of fused-ring (bicyclic) bond motifs is 10. The molecule has 66 heavy (non-hydrogen) atoms. The number of hydrogen-bond acceptors (Lipinski definition) is 4. The summed E-state index contributed by atoms with van der Waals surface area (Å²) < 4.78 is 5.10. The topological polar surface area (TPSA) is 43.6 Å². The van der Waals surface area contributed by atoms with Crippen LogP contribution in [0.15, 0.2) is 182 Å². The second kappa shape index (κ2) is 14.5. The first-order valence-electron chi connectivity index (χ1n) is 23.1. The summed E-state index contributed by atoms with van der Waals surface area (Å²) in [7, 11) is 0. The van der Waals surface area contributed by atoms with Gasteiger partial charge in [-0.15, -0.1) is 11.3 Å². The van der Waals surface area contributed by atoms with Gasteiger partial charge in [-0.25, -0.2) is 15.0 Å². The quantitative estimate of drug-likeness (QED) is 0.173. The molecule has 0 aliphatic heterocycles. The maximum absolute atomic E-state index is 5.33. The van der Waals surface area contributed by atoms with Crippen LogP contribution in [0.4, 0.5) is 0 Å². The maximum Gasteiger partial charge on any atom is 0.164 e. The van der Waals surface area contributed by atoms with Crippen LogP contribution in [0, 0.1) is 0 Å². The highest BCUT2D eigenvalue weighted by Gasteiger charge is 2.38. The summed E-state index contributed by atoms with van der Waals surface area (Å²) in [6.07, 6.45) is 2.33. The van der Waals surface area contributed by atoms with Crippen molar-refractivity contribution in [3.8, 4) is 51.0 Å². The minimum absolute atomic E-state index is 0.0632. The van der Waals surface area contributed by atoms with Gasteiger partial charge in [0.05, 0.1) is 11.0 Å². The van der Waals surface area contributed by atoms with Crippen LogP contribution in [0.2, 0.25) is 0 Å². The second-order valence-corrected chi connectivity index (χ2v) is 20.5. The minimum atomic E-state index is 0.0632. The van der Waals surface area contributed by atoms with E-state index in [2.05, 4.69) is 214 Å². The normalized spacial score (nSPS) is 14.5. The highest BCUT2D eigenvalue weighted by molar-refractivity contribution is 7.26. The Morgan fingerprint density at radius 2 is 1.02 bits per heavy atom. The van der Waals surface area contributed by atoms with Crippen LogP contribution in [0.3, 0.4) is 0 Å². The molecule has 4 nitrogen and oxygen atoms in total. The molecule has 0 spiro atoms. The van der Waals surface area contributed by atoms with Crippen molar-refractivity contribution in [2.24, 2.45) is 0 Å². The first-order valence-corrected chi connectivity index (χ1v) is 23.9. The second-order valence-electron chi connectivity index (χ2n) is 19.4. The summed E-state index contributed by atoms with van der Waals surface area (Å²) in [5, 5.41) is 9.87. The van der Waals surface area contributed by atoms with Gasteiger partial charge < -0.3 is 4.57 Å². The van der Waals surface area contributed by atoms with Crippen molar-refractivity contribution in [2.75, 3.05) is 0 Å². The molecule has 0 saturated carbocycles. The zero-order valence-corrected chi connectivity index (χ0v) is 38.2. The van der Waals surface area contributed by atoms with Crippen molar-refractivity contribution in [2.45, 2.75) is 51.4 Å². The molecule has 0 atom stereocenters. The lowest BCUT2D eigenvalue weighted by Gasteiger charge is -2.42. The molecule has 0 N–H and O–H groups in total. The first kappa shape index (κ1) is 38.9. The third-order valence-corrected chi connectivity index (χ3v) is 15.7. The van der Waals surface area contributed by atoms with Crippen LogP contribution in [-0.4, -0.2) is 19.5 Å². The SMILES string of the molecule is CC1(C)CCC(C)(C)c2cc3c(cc21)c1ccc2ccccc2c1n3-c1cccc(-c2nc(-c3ccc(-c4cccc5c4sc4ccccc45)cc3)nc(-c3cccc4ccccc34)n2)c1. The van der Waals surface area contributed by atoms with Gasteiger partial charge in [0, 0.05) is 58.7 Å². The van der Waals surface area contributed by atoms with E-state index in [0.29, 0.717) is 17.5 Å². The molecule has 0 saturated heterocycles. The van der Waals surface area contributed by atoms with Crippen molar-refractivity contribution >= 4 is 74.9 Å². The maximum atomic E-state index is 5.33. The number of thiophene rings is 1. The average Bonchev–Trinajstić information content (AvgIpc) is 3.91. The number of hydrogen-bond donors (Lipinski definition) is 0. The van der Waals surface area contributed by atoms with Gasteiger partial charge >= 0.3 is 0 Å². The zero-order valence-electron chi connectivity index (χ0n) is 37.4. The monoisotopic (exact) mass is 866 g/mol. The average molecular weight is 867 g/mol. The van der Waals surface area contributed by atoms with Crippen LogP contribution < -0.4 is 0 Å². The van der Waals surface area contributed by atoms with Crippen molar-refractivity contribution in [1.29, 1.82) is 0 Å². The fourth-order valence-corrected chi connectivity index (χ4v) is 12.1. The summed E-state index contributed by atoms with van der Waals surface area (Å²) in [4.78, 5) is 15.9. The van der Waals surface area contributed by atoms with Crippen molar-refractivity contribution in [3.63, 3.8) is 0 Å². The molecule has 9 aromatic carbocycles. The van der Waals surface area contributed by atoms with E-state index in [0.717, 1.165) is 39.6 Å². The van der Waals surface area contributed by atoms with E-state index in [1.165, 1.54) is 81.4 Å². The molecule has 0 radical (unpaired) electrons. The van der Waals surface area contributed by atoms with Crippen LogP contribution in [0.25, 0.3) is 115 Å². The van der Waals surface area contributed by atoms with E-state index in [1.807, 2.05) is 11.3 Å². The van der Waals surface area contributed by atoms with Gasteiger partial charge in [0.25, 0.3) is 0 Å². The van der Waals surface area contributed by atoms with E-state index < -0.39 is 0 Å². The first-order chi connectivity index (χ1) is 32.2. The molecule has 3 heterocycles. The Labute approximate surface area is 387 Å². The van der Waals surface area contributed by atoms with Gasteiger partial charge in [-0.3, -0.25) is 0 Å². The summed E-state index contributed by atoms with van der Waals surface area (Å²) in [5.41, 5.74) is 11.8. The Balaban J connectivity index is 1.00. The summed E-state index contributed by atoms with van der Waals surface area (Å²) in [6, 6.07) is 66.2. The van der Waals surface area contributed by atoms with Crippen molar-refractivity contribution in [3.05, 3.63) is 193 Å². The number of aromatic nitrogens is 4. The predicted molar refractivity (Wildman–Crippen MR) is 279 cm³/mol. The van der Waals surface area contributed by atoms with Gasteiger partial charge in [-0.1, -0.05) is 179 Å². The molecular weight excluding hydrogens is 821 g/mol. The summed E-state index contributed by atoms with van der Waals surface area (Å²) >= 11 is 1.86. The molecule has 1 aliphatic rings. The molecule has 316 valence electrons. The minimum Gasteiger partial charge on any atom is -0.309 e. The lowest BCUT2D eigenvalue weighted by Crippen LogP contribution is -2.33. The Morgan fingerprint density at radius 1 is 0.424 bits per heavy atom. The molecule has 0 bridgehead atoms. The van der Waals surface area contributed by atoms with E-state index in [1.54, 1.807) is 0 Å². The molecule has 1 aliphatic carbocycles. The number of nitrogens with zero attached hydrogens (tertiary/aromatic N) is 4. The van der Waals surface area contributed by atoms with Crippen LogP contribution in [0.5, 0.6) is 0 Å². The summed E-state index contributed by atoms with van der Waals surface area (Å²) in [5.74, 6) is 1.92. The highest BCUT2D eigenvalue weighted by atomic mass is 32.1. The van der Waals surface area contributed by atoms with Gasteiger partial charge in [-0.2, -0.15) is 0 Å². The fraction of sp³-hybridized carbons (Fsp3) is 0.131. The molecule has 0 fully saturated rings. The lowest BCUT2D eigenvalue weighted by molar-refractivity contribution is 0.332. The lowest BCUT2D eigenvalue weighted by atomic mass is 9.63. The van der Waals surface area contributed by atoms with Gasteiger partial charge in [0.15, 0.2) is 17.5 Å². The molecule has 0 unspecified atom stereocenters. The molecular formula is C61H46N4S. The summed E-state index contributed by atoms with van der Waals surface area (Å²) in [6.45, 7) is 9.67. The highest BCUT2D eigenvalue weighted by Crippen LogP contribution is 2.49. The largest absolute Gasteiger partial charge is 0.309 e.